The number of ketones is 1. The van der Waals surface area contributed by atoms with Crippen LogP contribution in [0.25, 0.3) is 0 Å². The van der Waals surface area contributed by atoms with Gasteiger partial charge in [-0.3, -0.25) is 4.79 Å². The number of allylic oxidation sites excluding steroid dienone is 1. The van der Waals surface area contributed by atoms with E-state index in [1.165, 1.54) is 20.3 Å². The smallest absolute Gasteiger partial charge is 0.330 e. The van der Waals surface area contributed by atoms with Crippen LogP contribution < -0.4 is 0 Å². The topological polar surface area (TPSA) is 155 Å². The molecule has 13 nitrogen and oxygen atoms in total. The van der Waals surface area contributed by atoms with Gasteiger partial charge in [-0.25, -0.2) is 4.79 Å². The van der Waals surface area contributed by atoms with Crippen LogP contribution in [0.1, 0.15) is 60.8 Å². The van der Waals surface area contributed by atoms with Crippen molar-refractivity contribution in [2.24, 2.45) is 23.7 Å². The number of aliphatic hydroxyl groups excluding tert-OH is 2. The lowest BCUT2D eigenvalue weighted by molar-refractivity contribution is -0.305. The Kier molecular flexibility index (Phi) is 15.0. The summed E-state index contributed by atoms with van der Waals surface area (Å²) in [5.74, 6) is -1.66. The first-order valence-electron chi connectivity index (χ1n) is 18.1. The van der Waals surface area contributed by atoms with E-state index in [1.807, 2.05) is 53.6 Å². The fourth-order valence-electron chi connectivity index (χ4n) is 7.64. The second-order valence-electron chi connectivity index (χ2n) is 14.8. The molecule has 17 atom stereocenters. The second kappa shape index (κ2) is 18.3. The van der Waals surface area contributed by atoms with Crippen molar-refractivity contribution in [3.05, 3.63) is 24.3 Å². The van der Waals surface area contributed by atoms with Gasteiger partial charge in [0.25, 0.3) is 0 Å². The highest BCUT2D eigenvalue weighted by Gasteiger charge is 2.50. The first-order valence-corrected chi connectivity index (χ1v) is 18.1. The predicted octanol–water partition coefficient (Wildman–Crippen LogP) is 2.65. The Morgan fingerprint density at radius 2 is 1.56 bits per heavy atom. The number of esters is 1. The monoisotopic (exact) mass is 711 g/mol. The molecule has 2 N–H and O–H groups in total. The number of hydrogen-bond acceptors (Lipinski definition) is 13. The maximum Gasteiger partial charge on any atom is 0.330 e. The molecule has 4 rings (SSSR count). The summed E-state index contributed by atoms with van der Waals surface area (Å²) < 4.78 is 48.1. The Morgan fingerprint density at radius 1 is 0.860 bits per heavy atom. The van der Waals surface area contributed by atoms with E-state index in [1.54, 1.807) is 25.2 Å². The molecule has 0 spiro atoms. The first kappa shape index (κ1) is 41.0. The van der Waals surface area contributed by atoms with E-state index in [0.717, 1.165) is 0 Å². The summed E-state index contributed by atoms with van der Waals surface area (Å²) in [4.78, 5) is 28.7. The molecule has 3 fully saturated rings. The van der Waals surface area contributed by atoms with Crippen LogP contribution in [-0.2, 0) is 47.5 Å². The van der Waals surface area contributed by atoms with Gasteiger partial charge in [0.2, 0.25) is 0 Å². The van der Waals surface area contributed by atoms with Crippen molar-refractivity contribution in [3.8, 4) is 0 Å². The van der Waals surface area contributed by atoms with Crippen molar-refractivity contribution in [1.29, 1.82) is 0 Å². The third-order valence-electron chi connectivity index (χ3n) is 10.7. The number of rotatable bonds is 9. The molecule has 0 saturated carbocycles. The highest BCUT2D eigenvalue weighted by atomic mass is 16.7. The Hall–Kier alpha value is -1.78. The molecule has 0 radical (unpaired) electrons. The summed E-state index contributed by atoms with van der Waals surface area (Å²) in [7, 11) is 6.85. The van der Waals surface area contributed by atoms with Crippen LogP contribution in [0.2, 0.25) is 0 Å². The maximum absolute atomic E-state index is 13.4. The Morgan fingerprint density at radius 3 is 2.20 bits per heavy atom. The molecule has 0 aromatic heterocycles. The summed E-state index contributed by atoms with van der Waals surface area (Å²) in [6.45, 7) is 11.6. The van der Waals surface area contributed by atoms with Gasteiger partial charge in [0.05, 0.1) is 31.0 Å². The molecule has 3 saturated heterocycles. The lowest BCUT2D eigenvalue weighted by atomic mass is 9.84. The van der Waals surface area contributed by atoms with Gasteiger partial charge in [-0.05, 0) is 65.3 Å². The summed E-state index contributed by atoms with van der Waals surface area (Å²) >= 11 is 0. The highest BCUT2D eigenvalue weighted by Crippen LogP contribution is 2.37. The van der Waals surface area contributed by atoms with Gasteiger partial charge in [-0.1, -0.05) is 33.8 Å². The van der Waals surface area contributed by atoms with E-state index < -0.39 is 67.2 Å². The Labute approximate surface area is 297 Å². The average molecular weight is 712 g/mol. The highest BCUT2D eigenvalue weighted by molar-refractivity contribution is 5.91. The number of epoxide rings is 1. The minimum Gasteiger partial charge on any atom is -0.459 e. The van der Waals surface area contributed by atoms with E-state index in [9.17, 15) is 19.8 Å². The standard InChI is InChI=1S/C37H61NO12/c1-11-27-24(18-45-37-35(44-10)34(43-9)30(41)23(6)47-37)33-28(49-33)14-13-26(39)20(3)16-21(4)32(19(2)12-15-29(40)48-27)50-36-31(42)25(38(7)8)17-22(5)46-36/h12-15,19-25,27-28,30-37,41-42H,11,16-18H2,1-10H3/b14-13+,15-12+/t19?,20?,21?,22?,23-,24?,25+,27?,28?,30+,31+,32?,33?,34-,35-,36+,37+/m1/s1. The zero-order valence-corrected chi connectivity index (χ0v) is 31.4. The minimum absolute atomic E-state index is 0.0293. The molecule has 4 aliphatic heterocycles. The normalized spacial score (nSPS) is 46.2. The zero-order valence-electron chi connectivity index (χ0n) is 31.4. The van der Waals surface area contributed by atoms with Crippen LogP contribution in [0.3, 0.4) is 0 Å². The number of carbonyl (C=O) groups is 2. The van der Waals surface area contributed by atoms with Crippen LogP contribution >= 0.6 is 0 Å². The molecule has 9 unspecified atom stereocenters. The fraction of sp³-hybridized carbons (Fsp3) is 0.838. The van der Waals surface area contributed by atoms with Gasteiger partial charge in [-0.15, -0.1) is 0 Å². The number of hydrogen-bond donors (Lipinski definition) is 2. The third-order valence-corrected chi connectivity index (χ3v) is 10.7. The van der Waals surface area contributed by atoms with Gasteiger partial charge in [-0.2, -0.15) is 0 Å². The number of likely N-dealkylation sites (N-methyl/N-ethyl adjacent to an activating group) is 1. The fourth-order valence-corrected chi connectivity index (χ4v) is 7.64. The molecular formula is C37H61NO12. The summed E-state index contributed by atoms with van der Waals surface area (Å²) in [5.41, 5.74) is 0. The summed E-state index contributed by atoms with van der Waals surface area (Å²) in [6.07, 6.45) is 0.848. The van der Waals surface area contributed by atoms with Crippen molar-refractivity contribution in [2.75, 3.05) is 34.9 Å². The maximum atomic E-state index is 13.4. The molecule has 0 aliphatic carbocycles. The van der Waals surface area contributed by atoms with E-state index >= 15 is 0 Å². The third kappa shape index (κ3) is 10.00. The molecule has 4 aliphatic rings. The number of nitrogens with zero attached hydrogens (tertiary/aromatic N) is 1. The molecule has 13 heteroatoms. The van der Waals surface area contributed by atoms with Crippen LogP contribution in [-0.4, -0.2) is 141 Å². The van der Waals surface area contributed by atoms with Gasteiger partial charge in [0.15, 0.2) is 18.4 Å². The number of cyclic esters (lactones) is 1. The van der Waals surface area contributed by atoms with Crippen LogP contribution in [0.4, 0.5) is 0 Å². The van der Waals surface area contributed by atoms with E-state index in [-0.39, 0.29) is 54.5 Å². The number of fused-ring (bicyclic) bond motifs is 1. The van der Waals surface area contributed by atoms with Crippen molar-refractivity contribution >= 4 is 11.8 Å². The van der Waals surface area contributed by atoms with Crippen LogP contribution in [0.15, 0.2) is 24.3 Å². The lowest BCUT2D eigenvalue weighted by Gasteiger charge is -2.43. The molecule has 0 aromatic carbocycles. The Balaban J connectivity index is 1.56. The molecular weight excluding hydrogens is 650 g/mol. The molecule has 0 aromatic rings. The van der Waals surface area contributed by atoms with E-state index in [2.05, 4.69) is 0 Å². The number of ether oxygens (including phenoxy) is 8. The lowest BCUT2D eigenvalue weighted by Crippen LogP contribution is -2.59. The molecule has 0 bridgehead atoms. The SMILES string of the molecule is CCC1OC(=O)/C=C/C(C)C(O[C@@H]2OC(C)C[C@H](N(C)C)[C@@H]2O)C(C)CC(C)C(=O)/C=C/C2OC2C1CO[C@H]1O[C@H](C)[C@H](O)[C@@H](OC)[C@H]1OC. The van der Waals surface area contributed by atoms with E-state index in [0.29, 0.717) is 19.3 Å². The van der Waals surface area contributed by atoms with Crippen molar-refractivity contribution in [2.45, 2.75) is 140 Å². The zero-order chi connectivity index (χ0) is 36.9. The van der Waals surface area contributed by atoms with Gasteiger partial charge >= 0.3 is 5.97 Å². The summed E-state index contributed by atoms with van der Waals surface area (Å²) in [5, 5.41) is 21.8. The molecule has 50 heavy (non-hydrogen) atoms. The van der Waals surface area contributed by atoms with Gasteiger partial charge in [0, 0.05) is 44.1 Å². The number of methoxy groups -OCH3 is 2. The van der Waals surface area contributed by atoms with Crippen molar-refractivity contribution < 1.29 is 57.7 Å². The van der Waals surface area contributed by atoms with Crippen LogP contribution in [0, 0.1) is 23.7 Å². The second-order valence-corrected chi connectivity index (χ2v) is 14.8. The van der Waals surface area contributed by atoms with Crippen molar-refractivity contribution in [3.63, 3.8) is 0 Å². The minimum atomic E-state index is -0.904. The quantitative estimate of drug-likeness (QED) is 0.266. The Bertz CT molecular complexity index is 1170. The molecule has 286 valence electrons. The molecule has 0 amide bonds. The first-order chi connectivity index (χ1) is 23.7. The van der Waals surface area contributed by atoms with Crippen molar-refractivity contribution in [1.82, 2.24) is 4.90 Å². The predicted molar refractivity (Wildman–Crippen MR) is 183 cm³/mol. The number of carbonyl (C=O) groups excluding carboxylic acids is 2. The van der Waals surface area contributed by atoms with Gasteiger partial charge in [0.1, 0.15) is 36.6 Å². The summed E-state index contributed by atoms with van der Waals surface area (Å²) in [6, 6.07) is -0.144. The van der Waals surface area contributed by atoms with Crippen LogP contribution in [0.5, 0.6) is 0 Å². The van der Waals surface area contributed by atoms with E-state index in [4.69, 9.17) is 37.9 Å². The number of aliphatic hydroxyl groups is 2. The molecule has 4 heterocycles. The largest absolute Gasteiger partial charge is 0.459 e. The average Bonchev–Trinajstić information content (AvgIpc) is 3.85. The van der Waals surface area contributed by atoms with Gasteiger partial charge < -0.3 is 53.0 Å².